The Morgan fingerprint density at radius 1 is 1.09 bits per heavy atom. The van der Waals surface area contributed by atoms with E-state index in [0.29, 0.717) is 28.4 Å². The second kappa shape index (κ2) is 9.85. The van der Waals surface area contributed by atoms with E-state index < -0.39 is 11.7 Å². The van der Waals surface area contributed by atoms with E-state index in [0.717, 1.165) is 27.6 Å². The van der Waals surface area contributed by atoms with Crippen molar-refractivity contribution >= 4 is 45.5 Å². The van der Waals surface area contributed by atoms with Gasteiger partial charge in [-0.15, -0.1) is 34.4 Å². The summed E-state index contributed by atoms with van der Waals surface area (Å²) in [5.41, 5.74) is 3.11. The fourth-order valence-corrected chi connectivity index (χ4v) is 5.37. The largest absolute Gasteiger partial charge is 0.416 e. The zero-order chi connectivity index (χ0) is 22.6. The molecule has 0 saturated carbocycles. The van der Waals surface area contributed by atoms with Gasteiger partial charge in [-0.25, -0.2) is 9.97 Å². The first-order valence-electron chi connectivity index (χ1n) is 9.39. The van der Waals surface area contributed by atoms with Gasteiger partial charge in [0.25, 0.3) is 5.91 Å². The molecule has 0 aliphatic rings. The second-order valence-corrected chi connectivity index (χ2v) is 9.58. The summed E-state index contributed by atoms with van der Waals surface area (Å²) in [6, 6.07) is 12.5. The van der Waals surface area contributed by atoms with Crippen molar-refractivity contribution in [2.24, 2.45) is 0 Å². The molecule has 4 aromatic rings. The van der Waals surface area contributed by atoms with E-state index >= 15 is 0 Å². The van der Waals surface area contributed by atoms with Crippen molar-refractivity contribution in [1.82, 2.24) is 9.97 Å². The molecule has 32 heavy (non-hydrogen) atoms. The van der Waals surface area contributed by atoms with Crippen LogP contribution in [-0.4, -0.2) is 15.9 Å². The quantitative estimate of drug-likeness (QED) is 0.291. The lowest BCUT2D eigenvalue weighted by Crippen LogP contribution is -2.12. The number of nitrogens with one attached hydrogen (secondary N) is 1. The summed E-state index contributed by atoms with van der Waals surface area (Å²) >= 11 is 4.30. The number of rotatable bonds is 7. The molecule has 4 rings (SSSR count). The first kappa shape index (κ1) is 22.5. The van der Waals surface area contributed by atoms with Gasteiger partial charge >= 0.3 is 6.18 Å². The minimum absolute atomic E-state index is 0.286. The monoisotopic (exact) mass is 491 g/mol. The number of benzene rings is 2. The summed E-state index contributed by atoms with van der Waals surface area (Å²) < 4.78 is 38.8. The molecule has 164 valence electrons. The van der Waals surface area contributed by atoms with Crippen LogP contribution in [0.5, 0.6) is 0 Å². The molecule has 0 bridgehead atoms. The van der Waals surface area contributed by atoms with Gasteiger partial charge in [-0.05, 0) is 23.8 Å². The van der Waals surface area contributed by atoms with Crippen LogP contribution in [-0.2, 0) is 18.3 Å². The van der Waals surface area contributed by atoms with E-state index in [1.807, 2.05) is 17.5 Å². The van der Waals surface area contributed by atoms with E-state index in [1.165, 1.54) is 40.5 Å². The van der Waals surface area contributed by atoms with Crippen LogP contribution in [0.4, 0.5) is 18.3 Å². The average molecular weight is 492 g/mol. The Kier molecular flexibility index (Phi) is 6.92. The number of amides is 1. The lowest BCUT2D eigenvalue weighted by Gasteiger charge is -2.08. The van der Waals surface area contributed by atoms with E-state index in [9.17, 15) is 18.0 Å². The number of hydrogen-bond donors (Lipinski definition) is 1. The molecule has 10 heteroatoms. The van der Waals surface area contributed by atoms with E-state index in [-0.39, 0.29) is 5.91 Å². The molecule has 2 heterocycles. The molecular weight excluding hydrogens is 475 g/mol. The minimum atomic E-state index is -4.38. The van der Waals surface area contributed by atoms with Crippen LogP contribution in [0.15, 0.2) is 70.5 Å². The molecule has 1 N–H and O–H groups in total. The third-order valence-corrected chi connectivity index (χ3v) is 7.05. The van der Waals surface area contributed by atoms with Crippen molar-refractivity contribution in [3.8, 4) is 0 Å². The maximum absolute atomic E-state index is 12.9. The maximum atomic E-state index is 12.9. The van der Waals surface area contributed by atoms with Crippen molar-refractivity contribution in [2.75, 3.05) is 5.32 Å². The summed E-state index contributed by atoms with van der Waals surface area (Å²) in [7, 11) is 0. The molecule has 0 unspecified atom stereocenters. The molecule has 0 atom stereocenters. The Hall–Kier alpha value is -2.69. The standard InChI is InChI=1S/C22H16F3N3OS3/c23-22(24,25)15-5-3-4-14(8-15)9-17-10-26-21(32-17)28-20(29)18-6-1-2-7-19(18)31-12-16-11-30-13-27-16/h1-8,10-11,13H,9,12H2,(H,26,28,29). The number of aromatic nitrogens is 2. The number of anilines is 1. The Morgan fingerprint density at radius 2 is 1.94 bits per heavy atom. The molecule has 2 aromatic carbocycles. The Labute approximate surface area is 194 Å². The van der Waals surface area contributed by atoms with Crippen LogP contribution in [0.2, 0.25) is 0 Å². The molecule has 0 aliphatic carbocycles. The van der Waals surface area contributed by atoms with Gasteiger partial charge < -0.3 is 0 Å². The highest BCUT2D eigenvalue weighted by Gasteiger charge is 2.30. The molecule has 2 aromatic heterocycles. The number of hydrogen-bond acceptors (Lipinski definition) is 6. The first-order chi connectivity index (χ1) is 15.4. The highest BCUT2D eigenvalue weighted by Crippen LogP contribution is 2.31. The first-order valence-corrected chi connectivity index (χ1v) is 12.1. The highest BCUT2D eigenvalue weighted by molar-refractivity contribution is 7.98. The van der Waals surface area contributed by atoms with Gasteiger partial charge in [-0.2, -0.15) is 13.2 Å². The predicted molar refractivity (Wildman–Crippen MR) is 122 cm³/mol. The van der Waals surface area contributed by atoms with Gasteiger partial charge in [-0.3, -0.25) is 10.1 Å². The van der Waals surface area contributed by atoms with E-state index in [1.54, 1.807) is 29.9 Å². The van der Waals surface area contributed by atoms with Gasteiger partial charge in [0.2, 0.25) is 0 Å². The number of halogens is 3. The van der Waals surface area contributed by atoms with Crippen molar-refractivity contribution < 1.29 is 18.0 Å². The second-order valence-electron chi connectivity index (χ2n) is 6.73. The number of carbonyl (C=O) groups excluding carboxylic acids is 1. The summed E-state index contributed by atoms with van der Waals surface area (Å²) in [4.78, 5) is 22.9. The Balaban J connectivity index is 1.42. The van der Waals surface area contributed by atoms with E-state index in [2.05, 4.69) is 15.3 Å². The zero-order valence-electron chi connectivity index (χ0n) is 16.4. The van der Waals surface area contributed by atoms with Crippen LogP contribution in [0.1, 0.15) is 32.1 Å². The van der Waals surface area contributed by atoms with Crippen LogP contribution in [0.3, 0.4) is 0 Å². The molecule has 0 aliphatic heterocycles. The van der Waals surface area contributed by atoms with Crippen molar-refractivity contribution in [3.63, 3.8) is 0 Å². The molecular formula is C22H16F3N3OS3. The molecule has 1 amide bonds. The van der Waals surface area contributed by atoms with Crippen LogP contribution in [0.25, 0.3) is 0 Å². The van der Waals surface area contributed by atoms with Gasteiger partial charge in [-0.1, -0.05) is 30.3 Å². The Morgan fingerprint density at radius 3 is 2.72 bits per heavy atom. The summed E-state index contributed by atoms with van der Waals surface area (Å²) in [5.74, 6) is 0.373. The minimum Gasteiger partial charge on any atom is -0.298 e. The fourth-order valence-electron chi connectivity index (χ4n) is 2.91. The summed E-state index contributed by atoms with van der Waals surface area (Å²) in [5, 5.41) is 5.16. The van der Waals surface area contributed by atoms with Crippen LogP contribution >= 0.6 is 34.4 Å². The van der Waals surface area contributed by atoms with Gasteiger partial charge in [0.15, 0.2) is 5.13 Å². The smallest absolute Gasteiger partial charge is 0.298 e. The lowest BCUT2D eigenvalue weighted by molar-refractivity contribution is -0.137. The van der Waals surface area contributed by atoms with Crippen LogP contribution < -0.4 is 5.32 Å². The third-order valence-electron chi connectivity index (χ3n) is 4.40. The fraction of sp³-hybridized carbons (Fsp3) is 0.136. The van der Waals surface area contributed by atoms with Crippen molar-refractivity contribution in [2.45, 2.75) is 23.2 Å². The number of nitrogens with zero attached hydrogens (tertiary/aromatic N) is 2. The summed E-state index contributed by atoms with van der Waals surface area (Å²) in [6.45, 7) is 0. The molecule has 0 fully saturated rings. The Bertz CT molecular complexity index is 1210. The third kappa shape index (κ3) is 5.76. The van der Waals surface area contributed by atoms with E-state index in [4.69, 9.17) is 0 Å². The van der Waals surface area contributed by atoms with Gasteiger partial charge in [0.05, 0.1) is 22.3 Å². The topological polar surface area (TPSA) is 54.9 Å². The highest BCUT2D eigenvalue weighted by atomic mass is 32.2. The number of thiazole rings is 2. The molecule has 0 radical (unpaired) electrons. The average Bonchev–Trinajstić information content (AvgIpc) is 3.44. The van der Waals surface area contributed by atoms with Crippen molar-refractivity contribution in [1.29, 1.82) is 0 Å². The molecule has 0 saturated heterocycles. The van der Waals surface area contributed by atoms with Gasteiger partial charge in [0.1, 0.15) is 0 Å². The van der Waals surface area contributed by atoms with Gasteiger partial charge in [0, 0.05) is 33.5 Å². The molecule has 0 spiro atoms. The summed E-state index contributed by atoms with van der Waals surface area (Å²) in [6.07, 6.45) is -2.51. The maximum Gasteiger partial charge on any atom is 0.416 e. The number of thioether (sulfide) groups is 1. The predicted octanol–water partition coefficient (Wildman–Crippen LogP) is 6.75. The van der Waals surface area contributed by atoms with Crippen molar-refractivity contribution in [3.05, 3.63) is 92.9 Å². The normalized spacial score (nSPS) is 11.5. The lowest BCUT2D eigenvalue weighted by atomic mass is 10.1. The van der Waals surface area contributed by atoms with Crippen LogP contribution in [0, 0.1) is 0 Å². The zero-order valence-corrected chi connectivity index (χ0v) is 18.9. The SMILES string of the molecule is O=C(Nc1ncc(Cc2cccc(C(F)(F)F)c2)s1)c1ccccc1SCc1cscn1. The molecule has 4 nitrogen and oxygen atoms in total. The number of alkyl halides is 3. The number of carbonyl (C=O) groups is 1.